The average molecular weight is 261 g/mol. The van der Waals surface area contributed by atoms with Gasteiger partial charge in [0.15, 0.2) is 4.77 Å². The van der Waals surface area contributed by atoms with Crippen LogP contribution in [0.25, 0.3) is 11.0 Å². The number of hydrogen-bond donors (Lipinski definition) is 1. The number of nitrogens with one attached hydrogen (secondary N) is 1. The second-order valence-corrected chi connectivity index (χ2v) is 6.00. The van der Waals surface area contributed by atoms with E-state index in [2.05, 4.69) is 34.4 Å². The summed E-state index contributed by atoms with van der Waals surface area (Å²) in [7, 11) is 0. The van der Waals surface area contributed by atoms with Crippen LogP contribution in [0.5, 0.6) is 0 Å². The van der Waals surface area contributed by atoms with E-state index in [1.807, 2.05) is 12.4 Å². The van der Waals surface area contributed by atoms with Crippen molar-refractivity contribution in [3.05, 3.63) is 23.2 Å². The van der Waals surface area contributed by atoms with Crippen LogP contribution in [0, 0.1) is 16.6 Å². The molecule has 3 unspecified atom stereocenters. The summed E-state index contributed by atoms with van der Waals surface area (Å²) < 4.78 is 3.14. The molecule has 1 fully saturated rings. The molecule has 3 atom stereocenters. The minimum Gasteiger partial charge on any atom is -0.329 e. The minimum atomic E-state index is 0.542. The summed E-state index contributed by atoms with van der Waals surface area (Å²) in [6.07, 6.45) is 7.46. The molecule has 0 spiro atoms. The highest BCUT2D eigenvalue weighted by molar-refractivity contribution is 7.71. The molecule has 2 aromatic heterocycles. The van der Waals surface area contributed by atoms with Gasteiger partial charge in [0.05, 0.1) is 17.2 Å². The molecule has 1 N–H and O–H groups in total. The van der Waals surface area contributed by atoms with E-state index in [0.29, 0.717) is 6.04 Å². The van der Waals surface area contributed by atoms with E-state index >= 15 is 0 Å². The molecular weight excluding hydrogens is 242 g/mol. The van der Waals surface area contributed by atoms with Crippen molar-refractivity contribution in [2.24, 2.45) is 11.8 Å². The van der Waals surface area contributed by atoms with Crippen molar-refractivity contribution >= 4 is 23.3 Å². The Hall–Kier alpha value is -1.16. The Morgan fingerprint density at radius 1 is 1.33 bits per heavy atom. The number of nitrogens with zero attached hydrogens (tertiary/aromatic N) is 2. The highest BCUT2D eigenvalue weighted by Crippen LogP contribution is 2.37. The molecule has 3 nitrogen and oxygen atoms in total. The van der Waals surface area contributed by atoms with E-state index < -0.39 is 0 Å². The molecule has 0 bridgehead atoms. The van der Waals surface area contributed by atoms with Gasteiger partial charge in [0.2, 0.25) is 0 Å². The van der Waals surface area contributed by atoms with Gasteiger partial charge >= 0.3 is 0 Å². The van der Waals surface area contributed by atoms with Gasteiger partial charge < -0.3 is 9.55 Å². The largest absolute Gasteiger partial charge is 0.329 e. The molecule has 2 aromatic rings. The van der Waals surface area contributed by atoms with E-state index in [-0.39, 0.29) is 0 Å². The van der Waals surface area contributed by atoms with Gasteiger partial charge in [-0.05, 0) is 49.4 Å². The average Bonchev–Trinajstić information content (AvgIpc) is 2.69. The van der Waals surface area contributed by atoms with E-state index in [9.17, 15) is 0 Å². The Kier molecular flexibility index (Phi) is 2.98. The van der Waals surface area contributed by atoms with Crippen LogP contribution in [0.15, 0.2) is 18.5 Å². The van der Waals surface area contributed by atoms with Gasteiger partial charge in [-0.2, -0.15) is 0 Å². The maximum absolute atomic E-state index is 5.48. The molecule has 1 saturated carbocycles. The van der Waals surface area contributed by atoms with Crippen molar-refractivity contribution < 1.29 is 0 Å². The first-order valence-corrected chi connectivity index (χ1v) is 7.12. The van der Waals surface area contributed by atoms with E-state index in [4.69, 9.17) is 12.2 Å². The molecule has 3 rings (SSSR count). The summed E-state index contributed by atoms with van der Waals surface area (Å²) in [6, 6.07) is 2.60. The monoisotopic (exact) mass is 261 g/mol. The topological polar surface area (TPSA) is 33.6 Å². The van der Waals surface area contributed by atoms with Crippen LogP contribution in [0.2, 0.25) is 0 Å². The Morgan fingerprint density at radius 3 is 2.94 bits per heavy atom. The first kappa shape index (κ1) is 11.9. The molecule has 4 heteroatoms. The number of fused-ring (bicyclic) bond motifs is 1. The summed E-state index contributed by atoms with van der Waals surface area (Å²) in [5, 5.41) is 0. The first-order chi connectivity index (χ1) is 8.66. The lowest BCUT2D eigenvalue weighted by Crippen LogP contribution is -2.23. The molecule has 1 aliphatic rings. The lowest BCUT2D eigenvalue weighted by molar-refractivity contribution is 0.212. The molecule has 0 amide bonds. The van der Waals surface area contributed by atoms with Crippen LogP contribution < -0.4 is 0 Å². The standard InChI is InChI=1S/C14H19N3S/c1-9-3-4-11(7-10(9)2)17-13-5-6-15-8-12(13)16-14(17)18/h5-6,8-11H,3-4,7H2,1-2H3,(H,16,18). The minimum absolute atomic E-state index is 0.542. The lowest BCUT2D eigenvalue weighted by Gasteiger charge is -2.33. The second-order valence-electron chi connectivity index (χ2n) is 5.61. The third-order valence-electron chi connectivity index (χ3n) is 4.45. The fourth-order valence-electron chi connectivity index (χ4n) is 3.09. The highest BCUT2D eigenvalue weighted by Gasteiger charge is 2.26. The Bertz CT molecular complexity index is 613. The van der Waals surface area contributed by atoms with Crippen LogP contribution in [0.4, 0.5) is 0 Å². The van der Waals surface area contributed by atoms with Crippen molar-refractivity contribution in [2.75, 3.05) is 0 Å². The Morgan fingerprint density at radius 2 is 2.17 bits per heavy atom. The van der Waals surface area contributed by atoms with E-state index in [1.165, 1.54) is 24.8 Å². The van der Waals surface area contributed by atoms with Gasteiger partial charge in [0, 0.05) is 12.2 Å². The third-order valence-corrected chi connectivity index (χ3v) is 4.75. The van der Waals surface area contributed by atoms with Crippen molar-refractivity contribution in [3.63, 3.8) is 0 Å². The van der Waals surface area contributed by atoms with Gasteiger partial charge in [0.1, 0.15) is 0 Å². The van der Waals surface area contributed by atoms with Crippen LogP contribution in [0.3, 0.4) is 0 Å². The Balaban J connectivity index is 2.04. The number of pyridine rings is 1. The highest BCUT2D eigenvalue weighted by atomic mass is 32.1. The predicted molar refractivity (Wildman–Crippen MR) is 76.1 cm³/mol. The maximum atomic E-state index is 5.48. The number of imidazole rings is 1. The fraction of sp³-hybridized carbons (Fsp3) is 0.571. The number of H-pyrrole nitrogens is 1. The zero-order chi connectivity index (χ0) is 12.7. The summed E-state index contributed by atoms with van der Waals surface area (Å²) in [5.74, 6) is 1.61. The van der Waals surface area contributed by atoms with Crippen LogP contribution in [0.1, 0.15) is 39.2 Å². The molecular formula is C14H19N3S. The van der Waals surface area contributed by atoms with Crippen molar-refractivity contribution in [3.8, 4) is 0 Å². The molecule has 0 aliphatic heterocycles. The van der Waals surface area contributed by atoms with Gasteiger partial charge in [-0.15, -0.1) is 0 Å². The van der Waals surface area contributed by atoms with E-state index in [0.717, 1.165) is 22.1 Å². The summed E-state index contributed by atoms with van der Waals surface area (Å²) in [6.45, 7) is 4.72. The normalized spacial score (nSPS) is 28.7. The smallest absolute Gasteiger partial charge is 0.178 e. The number of rotatable bonds is 1. The first-order valence-electron chi connectivity index (χ1n) is 6.71. The Labute approximate surface area is 112 Å². The predicted octanol–water partition coefficient (Wildman–Crippen LogP) is 4.09. The SMILES string of the molecule is CC1CCC(n2c(=S)[nH]c3cnccc32)CC1C. The fourth-order valence-corrected chi connectivity index (χ4v) is 3.45. The molecule has 0 radical (unpaired) electrons. The van der Waals surface area contributed by atoms with Crippen LogP contribution >= 0.6 is 12.2 Å². The van der Waals surface area contributed by atoms with Crippen molar-refractivity contribution in [1.82, 2.24) is 14.5 Å². The van der Waals surface area contributed by atoms with Gasteiger partial charge in [-0.1, -0.05) is 13.8 Å². The van der Waals surface area contributed by atoms with Gasteiger partial charge in [-0.25, -0.2) is 0 Å². The van der Waals surface area contributed by atoms with Gasteiger partial charge in [-0.3, -0.25) is 4.98 Å². The number of aromatic nitrogens is 3. The quantitative estimate of drug-likeness (QED) is 0.784. The molecule has 96 valence electrons. The number of aromatic amines is 1. The van der Waals surface area contributed by atoms with Crippen LogP contribution in [-0.4, -0.2) is 14.5 Å². The second kappa shape index (κ2) is 4.50. The summed E-state index contributed by atoms with van der Waals surface area (Å²) >= 11 is 5.48. The van der Waals surface area contributed by atoms with E-state index in [1.54, 1.807) is 0 Å². The number of hydrogen-bond acceptors (Lipinski definition) is 2. The summed E-state index contributed by atoms with van der Waals surface area (Å²) in [5.41, 5.74) is 2.25. The molecule has 1 aliphatic carbocycles. The molecule has 18 heavy (non-hydrogen) atoms. The molecule has 0 aromatic carbocycles. The maximum Gasteiger partial charge on any atom is 0.178 e. The van der Waals surface area contributed by atoms with Crippen molar-refractivity contribution in [1.29, 1.82) is 0 Å². The molecule has 2 heterocycles. The lowest BCUT2D eigenvalue weighted by atomic mass is 9.79. The zero-order valence-electron chi connectivity index (χ0n) is 10.9. The molecule has 0 saturated heterocycles. The zero-order valence-corrected chi connectivity index (χ0v) is 11.7. The summed E-state index contributed by atoms with van der Waals surface area (Å²) in [4.78, 5) is 7.41. The van der Waals surface area contributed by atoms with Crippen LogP contribution in [-0.2, 0) is 0 Å². The van der Waals surface area contributed by atoms with Crippen molar-refractivity contribution in [2.45, 2.75) is 39.2 Å². The third kappa shape index (κ3) is 1.88. The van der Waals surface area contributed by atoms with Gasteiger partial charge in [0.25, 0.3) is 0 Å².